The number of nitrogens with zero attached hydrogens (tertiary/aromatic N) is 3. The molecule has 0 aliphatic carbocycles. The second kappa shape index (κ2) is 14.6. The van der Waals surface area contributed by atoms with E-state index in [1.54, 1.807) is 21.2 Å². The summed E-state index contributed by atoms with van der Waals surface area (Å²) in [6.07, 6.45) is 1.81. The molecule has 1 heterocycles. The van der Waals surface area contributed by atoms with E-state index in [0.29, 0.717) is 19.2 Å². The molecule has 0 bridgehead atoms. The van der Waals surface area contributed by atoms with Gasteiger partial charge in [0.15, 0.2) is 5.96 Å². The lowest BCUT2D eigenvalue weighted by atomic mass is 10.3. The molecular weight excluding hydrogens is 398 g/mol. The summed E-state index contributed by atoms with van der Waals surface area (Å²) in [5.74, 6) is 1.30. The number of carbonyl (C=O) groups excluding carboxylic acids is 1. The molecule has 174 valence electrons. The van der Waals surface area contributed by atoms with Crippen molar-refractivity contribution >= 4 is 17.6 Å². The average Bonchev–Trinajstić information content (AvgIpc) is 2.78. The quantitative estimate of drug-likeness (QED) is 0.290. The lowest BCUT2D eigenvalue weighted by molar-refractivity contribution is -0.127. The van der Waals surface area contributed by atoms with Crippen molar-refractivity contribution < 1.29 is 19.0 Å². The lowest BCUT2D eigenvalue weighted by Gasteiger charge is -2.26. The average molecular weight is 436 g/mol. The number of guanidine groups is 1. The van der Waals surface area contributed by atoms with Crippen LogP contribution in [-0.2, 0) is 14.3 Å². The number of hydrogen-bond acceptors (Lipinski definition) is 6. The minimum absolute atomic E-state index is 0.0513. The number of rotatable bonds is 12. The van der Waals surface area contributed by atoms with Crippen LogP contribution in [0.1, 0.15) is 12.8 Å². The first-order valence-electron chi connectivity index (χ1n) is 10.9. The van der Waals surface area contributed by atoms with Crippen LogP contribution in [0.2, 0.25) is 0 Å². The standard InChI is InChI=1S/C22H37N5O4/c1-26(2)21(28)18-24-22(23-9-5-10-27-11-15-30-16-12-27)25-19-7-4-8-20(17-19)31-14-6-13-29-3/h4,7-8,17H,5-6,9-16,18H2,1-3H3,(H2,23,24,25). The first-order valence-corrected chi connectivity index (χ1v) is 10.9. The van der Waals surface area contributed by atoms with Crippen LogP contribution in [0.15, 0.2) is 29.3 Å². The van der Waals surface area contributed by atoms with E-state index < -0.39 is 0 Å². The number of nitrogens with one attached hydrogen (secondary N) is 2. The van der Waals surface area contributed by atoms with Crippen LogP contribution in [0.3, 0.4) is 0 Å². The van der Waals surface area contributed by atoms with E-state index in [1.165, 1.54) is 4.90 Å². The molecule has 31 heavy (non-hydrogen) atoms. The summed E-state index contributed by atoms with van der Waals surface area (Å²) in [6.45, 7) is 6.67. The third-order valence-electron chi connectivity index (χ3n) is 4.78. The van der Waals surface area contributed by atoms with Crippen LogP contribution >= 0.6 is 0 Å². The largest absolute Gasteiger partial charge is 0.493 e. The summed E-state index contributed by atoms with van der Waals surface area (Å²) in [6, 6.07) is 7.71. The van der Waals surface area contributed by atoms with Gasteiger partial charge in [-0.2, -0.15) is 0 Å². The van der Waals surface area contributed by atoms with E-state index in [1.807, 2.05) is 24.3 Å². The van der Waals surface area contributed by atoms with Crippen molar-refractivity contribution in [3.63, 3.8) is 0 Å². The molecular formula is C22H37N5O4. The fourth-order valence-corrected chi connectivity index (χ4v) is 2.96. The van der Waals surface area contributed by atoms with Gasteiger partial charge < -0.3 is 29.7 Å². The molecule has 0 unspecified atom stereocenters. The molecule has 1 aliphatic heterocycles. The van der Waals surface area contributed by atoms with Crippen molar-refractivity contribution in [3.05, 3.63) is 24.3 Å². The molecule has 2 N–H and O–H groups in total. The third kappa shape index (κ3) is 10.5. The normalized spacial score (nSPS) is 14.9. The summed E-state index contributed by atoms with van der Waals surface area (Å²) in [7, 11) is 5.14. The van der Waals surface area contributed by atoms with Crippen LogP contribution in [0.5, 0.6) is 5.75 Å². The molecule has 9 heteroatoms. The number of aliphatic imine (C=N–C) groups is 1. The van der Waals surface area contributed by atoms with E-state index >= 15 is 0 Å². The van der Waals surface area contributed by atoms with E-state index in [-0.39, 0.29) is 12.5 Å². The highest BCUT2D eigenvalue weighted by Crippen LogP contribution is 2.17. The van der Waals surface area contributed by atoms with Crippen LogP contribution < -0.4 is 15.4 Å². The number of amides is 1. The van der Waals surface area contributed by atoms with E-state index in [9.17, 15) is 4.79 Å². The van der Waals surface area contributed by atoms with Gasteiger partial charge in [0.1, 0.15) is 12.3 Å². The number of ether oxygens (including phenoxy) is 3. The highest BCUT2D eigenvalue weighted by atomic mass is 16.5. The molecule has 0 radical (unpaired) electrons. The monoisotopic (exact) mass is 435 g/mol. The number of morpholine rings is 1. The van der Waals surface area contributed by atoms with Crippen LogP contribution in [-0.4, -0.2) is 102 Å². The summed E-state index contributed by atoms with van der Waals surface area (Å²) >= 11 is 0. The summed E-state index contributed by atoms with van der Waals surface area (Å²) in [4.78, 5) is 20.4. The molecule has 0 saturated carbocycles. The maximum atomic E-state index is 12.0. The lowest BCUT2D eigenvalue weighted by Crippen LogP contribution is -2.39. The predicted molar refractivity (Wildman–Crippen MR) is 123 cm³/mol. The first kappa shape index (κ1) is 24.9. The molecule has 0 aromatic heterocycles. The maximum absolute atomic E-state index is 12.0. The smallest absolute Gasteiger partial charge is 0.243 e. The van der Waals surface area contributed by atoms with Crippen LogP contribution in [0, 0.1) is 0 Å². The summed E-state index contributed by atoms with van der Waals surface area (Å²) < 4.78 is 16.2. The number of benzene rings is 1. The highest BCUT2D eigenvalue weighted by molar-refractivity contribution is 5.95. The van der Waals surface area contributed by atoms with Crippen molar-refractivity contribution in [1.82, 2.24) is 15.1 Å². The van der Waals surface area contributed by atoms with Gasteiger partial charge in [-0.25, -0.2) is 4.99 Å². The predicted octanol–water partition coefficient (Wildman–Crippen LogP) is 1.27. The zero-order valence-corrected chi connectivity index (χ0v) is 19.1. The van der Waals surface area contributed by atoms with Gasteiger partial charge in [0.2, 0.25) is 5.91 Å². The van der Waals surface area contributed by atoms with Crippen molar-refractivity contribution in [2.45, 2.75) is 12.8 Å². The number of methoxy groups -OCH3 is 1. The van der Waals surface area contributed by atoms with Crippen molar-refractivity contribution in [2.75, 3.05) is 85.7 Å². The van der Waals surface area contributed by atoms with Gasteiger partial charge in [-0.05, 0) is 25.1 Å². The Morgan fingerprint density at radius 3 is 2.77 bits per heavy atom. The molecule has 1 aliphatic rings. The Bertz CT molecular complexity index is 678. The van der Waals surface area contributed by atoms with Gasteiger partial charge in [0.25, 0.3) is 0 Å². The fourth-order valence-electron chi connectivity index (χ4n) is 2.96. The molecule has 1 fully saturated rings. The molecule has 1 saturated heterocycles. The SMILES string of the molecule is COCCCOc1cccc(NC(=NCC(=O)N(C)C)NCCCN2CCOCC2)c1. The molecule has 0 spiro atoms. The van der Waals surface area contributed by atoms with Gasteiger partial charge in [0, 0.05) is 65.6 Å². The van der Waals surface area contributed by atoms with Gasteiger partial charge >= 0.3 is 0 Å². The minimum atomic E-state index is -0.0513. The van der Waals surface area contributed by atoms with E-state index in [2.05, 4.69) is 20.5 Å². The van der Waals surface area contributed by atoms with Gasteiger partial charge in [-0.15, -0.1) is 0 Å². The Balaban J connectivity index is 1.89. The topological polar surface area (TPSA) is 87.7 Å². The van der Waals surface area contributed by atoms with Gasteiger partial charge in [-0.3, -0.25) is 9.69 Å². The molecule has 9 nitrogen and oxygen atoms in total. The molecule has 0 atom stereocenters. The molecule has 1 amide bonds. The van der Waals surface area contributed by atoms with Crippen molar-refractivity contribution in [1.29, 1.82) is 0 Å². The second-order valence-electron chi connectivity index (χ2n) is 7.53. The van der Waals surface area contributed by atoms with Crippen molar-refractivity contribution in [3.8, 4) is 5.75 Å². The highest BCUT2D eigenvalue weighted by Gasteiger charge is 2.10. The fraction of sp³-hybridized carbons (Fsp3) is 0.636. The Morgan fingerprint density at radius 1 is 1.23 bits per heavy atom. The van der Waals surface area contributed by atoms with Gasteiger partial charge in [0.05, 0.1) is 19.8 Å². The zero-order valence-electron chi connectivity index (χ0n) is 19.1. The number of anilines is 1. The van der Waals surface area contributed by atoms with Crippen LogP contribution in [0.4, 0.5) is 5.69 Å². The van der Waals surface area contributed by atoms with E-state index in [0.717, 1.165) is 63.7 Å². The maximum Gasteiger partial charge on any atom is 0.243 e. The minimum Gasteiger partial charge on any atom is -0.493 e. The van der Waals surface area contributed by atoms with E-state index in [4.69, 9.17) is 14.2 Å². The van der Waals surface area contributed by atoms with Crippen molar-refractivity contribution in [2.24, 2.45) is 4.99 Å². The zero-order chi connectivity index (χ0) is 22.3. The number of carbonyl (C=O) groups is 1. The summed E-state index contributed by atoms with van der Waals surface area (Å²) in [5.41, 5.74) is 0.848. The molecule has 1 aromatic rings. The Labute approximate surface area is 185 Å². The Morgan fingerprint density at radius 2 is 2.03 bits per heavy atom. The Hall–Kier alpha value is -2.36. The number of hydrogen-bond donors (Lipinski definition) is 2. The molecule has 2 rings (SSSR count). The Kier molecular flexibility index (Phi) is 11.7. The third-order valence-corrected chi connectivity index (χ3v) is 4.78. The second-order valence-corrected chi connectivity index (χ2v) is 7.53. The van der Waals surface area contributed by atoms with Crippen LogP contribution in [0.25, 0.3) is 0 Å². The first-order chi connectivity index (χ1) is 15.1. The number of likely N-dealkylation sites (N-methyl/N-ethyl adjacent to an activating group) is 1. The molecule has 1 aromatic carbocycles. The van der Waals surface area contributed by atoms with Gasteiger partial charge in [-0.1, -0.05) is 6.07 Å². The summed E-state index contributed by atoms with van der Waals surface area (Å²) in [5, 5.41) is 6.62.